The highest BCUT2D eigenvalue weighted by Crippen LogP contribution is 2.29. The fraction of sp³-hybridized carbons (Fsp3) is 0.429. The van der Waals surface area contributed by atoms with Gasteiger partial charge in [-0.05, 0) is 31.0 Å². The van der Waals surface area contributed by atoms with Crippen molar-refractivity contribution in [1.82, 2.24) is 15.0 Å². The molecule has 0 aliphatic carbocycles. The lowest BCUT2D eigenvalue weighted by Crippen LogP contribution is -2.10. The Bertz CT molecular complexity index is 591. The van der Waals surface area contributed by atoms with Crippen LogP contribution in [-0.4, -0.2) is 15.0 Å². The van der Waals surface area contributed by atoms with Crippen LogP contribution in [-0.2, 0) is 6.54 Å². The minimum absolute atomic E-state index is 0.373. The maximum Gasteiger partial charge on any atom is 0.100 e. The van der Waals surface area contributed by atoms with Gasteiger partial charge in [-0.15, -0.1) is 5.10 Å². The molecule has 0 bridgehead atoms. The average Bonchev–Trinajstić information content (AvgIpc) is 2.87. The van der Waals surface area contributed by atoms with Crippen molar-refractivity contribution in [3.05, 3.63) is 39.6 Å². The molecule has 2 N–H and O–H groups in total. The number of nitrogens with two attached hydrogens (primary N) is 1. The molecule has 20 heavy (non-hydrogen) atoms. The van der Waals surface area contributed by atoms with E-state index in [0.29, 0.717) is 22.5 Å². The second-order valence-corrected chi connectivity index (χ2v) is 5.46. The summed E-state index contributed by atoms with van der Waals surface area (Å²) in [5.74, 6) is 0.373. The van der Waals surface area contributed by atoms with E-state index in [9.17, 15) is 0 Å². The zero-order valence-electron chi connectivity index (χ0n) is 11.6. The summed E-state index contributed by atoms with van der Waals surface area (Å²) in [6.07, 6.45) is 2.02. The van der Waals surface area contributed by atoms with Gasteiger partial charge in [-0.3, -0.25) is 0 Å². The molecule has 0 atom stereocenters. The monoisotopic (exact) mass is 312 g/mol. The van der Waals surface area contributed by atoms with Gasteiger partial charge in [0.1, 0.15) is 5.69 Å². The first kappa shape index (κ1) is 15.3. The zero-order chi connectivity index (χ0) is 14.7. The van der Waals surface area contributed by atoms with E-state index in [-0.39, 0.29) is 0 Å². The number of nitrogens with zero attached hydrogens (tertiary/aromatic N) is 3. The summed E-state index contributed by atoms with van der Waals surface area (Å²) in [6.45, 7) is 4.69. The topological polar surface area (TPSA) is 56.7 Å². The lowest BCUT2D eigenvalue weighted by Gasteiger charge is -2.16. The van der Waals surface area contributed by atoms with E-state index in [0.717, 1.165) is 29.9 Å². The number of aromatic nitrogens is 3. The molecule has 0 saturated heterocycles. The highest BCUT2D eigenvalue weighted by molar-refractivity contribution is 6.42. The third-order valence-electron chi connectivity index (χ3n) is 3.49. The number of rotatable bonds is 5. The van der Waals surface area contributed by atoms with Gasteiger partial charge < -0.3 is 5.73 Å². The third-order valence-corrected chi connectivity index (χ3v) is 4.23. The highest BCUT2D eigenvalue weighted by atomic mass is 35.5. The standard InChI is InChI=1S/C14H18Cl2N4/c1-3-9(4-2)14-13(8-17)18-19-20(14)10-5-6-11(15)12(16)7-10/h5-7,9H,3-4,8,17H2,1-2H3. The van der Waals surface area contributed by atoms with Crippen molar-refractivity contribution >= 4 is 23.2 Å². The van der Waals surface area contributed by atoms with Gasteiger partial charge in [0.05, 0.1) is 21.4 Å². The molecular formula is C14H18Cl2N4. The molecule has 2 aromatic rings. The van der Waals surface area contributed by atoms with Crippen molar-refractivity contribution in [2.24, 2.45) is 5.73 Å². The Morgan fingerprint density at radius 1 is 1.20 bits per heavy atom. The number of hydrogen-bond acceptors (Lipinski definition) is 3. The SMILES string of the molecule is CCC(CC)c1c(CN)nnn1-c1ccc(Cl)c(Cl)c1. The van der Waals surface area contributed by atoms with E-state index in [1.165, 1.54) is 0 Å². The van der Waals surface area contributed by atoms with Crippen LogP contribution in [0.2, 0.25) is 10.0 Å². The summed E-state index contributed by atoms with van der Waals surface area (Å²) >= 11 is 12.0. The molecule has 0 saturated carbocycles. The summed E-state index contributed by atoms with van der Waals surface area (Å²) in [4.78, 5) is 0. The molecule has 2 rings (SSSR count). The molecule has 1 aromatic heterocycles. The molecule has 0 radical (unpaired) electrons. The molecule has 108 valence electrons. The van der Waals surface area contributed by atoms with E-state index < -0.39 is 0 Å². The molecule has 4 nitrogen and oxygen atoms in total. The third kappa shape index (κ3) is 2.82. The van der Waals surface area contributed by atoms with E-state index in [1.54, 1.807) is 12.1 Å². The first-order valence-corrected chi connectivity index (χ1v) is 7.47. The molecular weight excluding hydrogens is 295 g/mol. The number of benzene rings is 1. The lowest BCUT2D eigenvalue weighted by atomic mass is 9.97. The maximum atomic E-state index is 6.09. The Morgan fingerprint density at radius 2 is 1.90 bits per heavy atom. The maximum absolute atomic E-state index is 6.09. The first-order valence-electron chi connectivity index (χ1n) is 6.72. The van der Waals surface area contributed by atoms with Crippen molar-refractivity contribution in [1.29, 1.82) is 0 Å². The van der Waals surface area contributed by atoms with Crippen LogP contribution in [0.1, 0.15) is 44.0 Å². The Labute approximate surface area is 128 Å². The van der Waals surface area contributed by atoms with E-state index in [4.69, 9.17) is 28.9 Å². The van der Waals surface area contributed by atoms with Gasteiger partial charge in [-0.2, -0.15) is 0 Å². The summed E-state index contributed by atoms with van der Waals surface area (Å²) in [6, 6.07) is 5.44. The minimum Gasteiger partial charge on any atom is -0.325 e. The minimum atomic E-state index is 0.373. The molecule has 0 aliphatic heterocycles. The van der Waals surface area contributed by atoms with Crippen LogP contribution in [0.5, 0.6) is 0 Å². The average molecular weight is 313 g/mol. The van der Waals surface area contributed by atoms with Gasteiger partial charge in [0.2, 0.25) is 0 Å². The van der Waals surface area contributed by atoms with Gasteiger partial charge in [0.15, 0.2) is 0 Å². The van der Waals surface area contributed by atoms with Crippen molar-refractivity contribution in [3.63, 3.8) is 0 Å². The second-order valence-electron chi connectivity index (χ2n) is 4.65. The first-order chi connectivity index (χ1) is 9.62. The van der Waals surface area contributed by atoms with Crippen LogP contribution in [0.25, 0.3) is 5.69 Å². The highest BCUT2D eigenvalue weighted by Gasteiger charge is 2.20. The van der Waals surface area contributed by atoms with Crippen LogP contribution < -0.4 is 5.73 Å². The second kappa shape index (κ2) is 6.57. The van der Waals surface area contributed by atoms with Crippen LogP contribution in [0.4, 0.5) is 0 Å². The molecule has 0 unspecified atom stereocenters. The van der Waals surface area contributed by atoms with Crippen LogP contribution in [0, 0.1) is 0 Å². The molecule has 0 amide bonds. The molecule has 0 fully saturated rings. The Morgan fingerprint density at radius 3 is 2.45 bits per heavy atom. The molecule has 0 aliphatic rings. The van der Waals surface area contributed by atoms with Gasteiger partial charge in [0, 0.05) is 12.5 Å². The van der Waals surface area contributed by atoms with Crippen LogP contribution in [0.3, 0.4) is 0 Å². The summed E-state index contributed by atoms with van der Waals surface area (Å²) in [5, 5.41) is 9.45. The smallest absolute Gasteiger partial charge is 0.100 e. The Balaban J connectivity index is 2.56. The fourth-order valence-electron chi connectivity index (χ4n) is 2.36. The molecule has 0 spiro atoms. The van der Waals surface area contributed by atoms with Gasteiger partial charge in [-0.1, -0.05) is 42.3 Å². The Kier molecular flexibility index (Phi) is 5.02. The quantitative estimate of drug-likeness (QED) is 0.909. The largest absolute Gasteiger partial charge is 0.325 e. The van der Waals surface area contributed by atoms with Gasteiger partial charge >= 0.3 is 0 Å². The van der Waals surface area contributed by atoms with Gasteiger partial charge in [-0.25, -0.2) is 4.68 Å². The Hall–Kier alpha value is -1.10. The summed E-state index contributed by atoms with van der Waals surface area (Å²) in [7, 11) is 0. The van der Waals surface area contributed by atoms with E-state index in [1.807, 2.05) is 10.7 Å². The van der Waals surface area contributed by atoms with Gasteiger partial charge in [0.25, 0.3) is 0 Å². The van der Waals surface area contributed by atoms with E-state index >= 15 is 0 Å². The fourth-order valence-corrected chi connectivity index (χ4v) is 2.65. The van der Waals surface area contributed by atoms with Crippen molar-refractivity contribution < 1.29 is 0 Å². The van der Waals surface area contributed by atoms with Crippen molar-refractivity contribution in [2.75, 3.05) is 0 Å². The summed E-state index contributed by atoms with van der Waals surface area (Å²) in [5.41, 5.74) is 8.54. The molecule has 6 heteroatoms. The van der Waals surface area contributed by atoms with Crippen molar-refractivity contribution in [3.8, 4) is 5.69 Å². The lowest BCUT2D eigenvalue weighted by molar-refractivity contribution is 0.591. The number of halogens is 2. The van der Waals surface area contributed by atoms with Crippen LogP contribution in [0.15, 0.2) is 18.2 Å². The summed E-state index contributed by atoms with van der Waals surface area (Å²) < 4.78 is 1.82. The molecule has 1 heterocycles. The molecule has 1 aromatic carbocycles. The van der Waals surface area contributed by atoms with Crippen LogP contribution >= 0.6 is 23.2 Å². The predicted molar refractivity (Wildman–Crippen MR) is 82.6 cm³/mol. The normalized spacial score (nSPS) is 11.3. The van der Waals surface area contributed by atoms with Crippen molar-refractivity contribution in [2.45, 2.75) is 39.2 Å². The van der Waals surface area contributed by atoms with E-state index in [2.05, 4.69) is 24.2 Å². The zero-order valence-corrected chi connectivity index (χ0v) is 13.1. The number of hydrogen-bond donors (Lipinski definition) is 1. The predicted octanol–water partition coefficient (Wildman–Crippen LogP) is 3.94.